The minimum atomic E-state index is -1.99. The topological polar surface area (TPSA) is 97.0 Å². The molecule has 0 radical (unpaired) electrons. The fourth-order valence-electron chi connectivity index (χ4n) is 7.31. The maximum absolute atomic E-state index is 6.94. The Kier molecular flexibility index (Phi) is 9.11. The second-order valence-electron chi connectivity index (χ2n) is 13.6. The van der Waals surface area contributed by atoms with Gasteiger partial charge in [0.2, 0.25) is 0 Å². The van der Waals surface area contributed by atoms with Gasteiger partial charge in [-0.25, -0.2) is 0 Å². The van der Waals surface area contributed by atoms with Gasteiger partial charge in [-0.1, -0.05) is 127 Å². The lowest BCUT2D eigenvalue weighted by molar-refractivity contribution is 0.488. The first kappa shape index (κ1) is 34.5. The fraction of sp³-hybridized carbons (Fsp3) is 0.0870. The lowest BCUT2D eigenvalue weighted by Crippen LogP contribution is -2.09. The molecule has 0 saturated heterocycles. The number of anilines is 1. The highest BCUT2D eigenvalue weighted by atomic mass is 31.1. The van der Waals surface area contributed by atoms with Gasteiger partial charge in [0.05, 0.1) is 5.69 Å². The minimum Gasteiger partial charge on any atom is -0.396 e. The molecule has 0 spiro atoms. The molecule has 7 nitrogen and oxygen atoms in total. The lowest BCUT2D eigenvalue weighted by atomic mass is 9.82. The molecule has 9 rings (SSSR count). The highest BCUT2D eigenvalue weighted by Gasteiger charge is 2.29. The summed E-state index contributed by atoms with van der Waals surface area (Å²) < 4.78 is 39.9. The van der Waals surface area contributed by atoms with E-state index in [0.29, 0.717) is 39.5 Å². The van der Waals surface area contributed by atoms with E-state index in [1.54, 1.807) is 0 Å². The number of benzene rings is 7. The Morgan fingerprint density at radius 2 is 0.836 bits per heavy atom. The van der Waals surface area contributed by atoms with Crippen molar-refractivity contribution in [2.24, 2.45) is 0 Å². The van der Waals surface area contributed by atoms with E-state index in [1.807, 2.05) is 128 Å². The molecular formula is C46H37NO6P2. The van der Waals surface area contributed by atoms with Gasteiger partial charge in [-0.3, -0.25) is 0 Å². The summed E-state index contributed by atoms with van der Waals surface area (Å²) in [5, 5.41) is 3.75. The number of hydrogen-bond acceptors (Lipinski definition) is 7. The smallest absolute Gasteiger partial charge is 0.396 e. The Hall–Kier alpha value is -6.26. The number of para-hydroxylation sites is 4. The third-order valence-electron chi connectivity index (χ3n) is 9.65. The molecule has 0 aliphatic rings. The van der Waals surface area contributed by atoms with Crippen molar-refractivity contribution in [3.05, 3.63) is 185 Å². The minimum absolute atomic E-state index is 0.393. The van der Waals surface area contributed by atoms with E-state index in [-0.39, 0.29) is 0 Å². The summed E-state index contributed by atoms with van der Waals surface area (Å²) in [5.41, 5.74) is 15.9. The molecule has 1 atom stereocenters. The summed E-state index contributed by atoms with van der Waals surface area (Å²) >= 11 is 0. The Labute approximate surface area is 319 Å². The summed E-state index contributed by atoms with van der Waals surface area (Å²) in [6.45, 7) is 6.18. The van der Waals surface area contributed by atoms with Crippen LogP contribution in [-0.4, -0.2) is 0 Å². The molecule has 2 heterocycles. The molecule has 2 N–H and O–H groups in total. The monoisotopic (exact) mass is 761 g/mol. The predicted octanol–water partition coefficient (Wildman–Crippen LogP) is 14.3. The van der Waals surface area contributed by atoms with Crippen molar-refractivity contribution in [1.29, 1.82) is 0 Å². The Morgan fingerprint density at radius 3 is 1.31 bits per heavy atom. The lowest BCUT2D eigenvalue weighted by Gasteiger charge is -2.25. The normalized spacial score (nSPS) is 11.9. The Morgan fingerprint density at radius 1 is 0.455 bits per heavy atom. The summed E-state index contributed by atoms with van der Waals surface area (Å²) in [6.07, 6.45) is 0. The van der Waals surface area contributed by atoms with Crippen molar-refractivity contribution >= 4 is 66.0 Å². The first-order chi connectivity index (χ1) is 26.9. The molecular weight excluding hydrogens is 724 g/mol. The molecule has 9 aromatic rings. The number of hydrogen-bond donors (Lipinski definition) is 1. The van der Waals surface area contributed by atoms with Crippen molar-refractivity contribution in [3.63, 3.8) is 0 Å². The second kappa shape index (κ2) is 14.5. The first-order valence-corrected chi connectivity index (χ1v) is 20.2. The van der Waals surface area contributed by atoms with Crippen molar-refractivity contribution in [2.45, 2.75) is 26.7 Å². The van der Waals surface area contributed by atoms with Gasteiger partial charge in [0.1, 0.15) is 28.1 Å². The van der Waals surface area contributed by atoms with Crippen LogP contribution in [0.1, 0.15) is 39.3 Å². The van der Waals surface area contributed by atoms with E-state index in [4.69, 9.17) is 31.6 Å². The molecule has 0 bridgehead atoms. The zero-order valence-electron chi connectivity index (χ0n) is 30.4. The fourth-order valence-corrected chi connectivity index (χ4v) is 9.57. The highest BCUT2D eigenvalue weighted by Crippen LogP contribution is 2.50. The van der Waals surface area contributed by atoms with Gasteiger partial charge >= 0.3 is 16.5 Å². The standard InChI is InChI=1S/C46H37NO6P2/c1-29-25-31(3)45(52-54-48-40-21-11-7-17-33(40)34-18-8-12-22-41(34)49-54)37(26-29)44(32-15-5-4-6-16-32)38-27-30(2)28-39(47)46(38)53-55-50-42-23-13-9-19-35(42)36-20-10-14-24-43(36)51-55/h4-28,44H,47H2,1-3H3. The molecule has 0 aliphatic carbocycles. The van der Waals surface area contributed by atoms with Crippen molar-refractivity contribution < 1.29 is 25.8 Å². The van der Waals surface area contributed by atoms with Crippen molar-refractivity contribution in [3.8, 4) is 11.5 Å². The number of fused-ring (bicyclic) bond motifs is 6. The number of nitrogen functional groups attached to an aromatic ring is 1. The summed E-state index contributed by atoms with van der Waals surface area (Å²) in [6, 6.07) is 50.3. The van der Waals surface area contributed by atoms with E-state index in [1.165, 1.54) is 0 Å². The van der Waals surface area contributed by atoms with Crippen LogP contribution in [0.5, 0.6) is 11.5 Å². The van der Waals surface area contributed by atoms with Crippen molar-refractivity contribution in [1.82, 2.24) is 0 Å². The van der Waals surface area contributed by atoms with Crippen LogP contribution in [0, 0.1) is 20.8 Å². The van der Waals surface area contributed by atoms with Crippen molar-refractivity contribution in [2.75, 3.05) is 5.73 Å². The van der Waals surface area contributed by atoms with Gasteiger partial charge in [0, 0.05) is 38.6 Å². The molecule has 9 heteroatoms. The van der Waals surface area contributed by atoms with Crippen LogP contribution in [0.4, 0.5) is 5.69 Å². The Balaban J connectivity index is 1.26. The number of aryl methyl sites for hydroxylation is 3. The molecule has 0 saturated carbocycles. The average Bonchev–Trinajstić information content (AvgIpc) is 3.45. The van der Waals surface area contributed by atoms with Crippen LogP contribution >= 0.6 is 16.5 Å². The molecule has 0 fully saturated rings. The van der Waals surface area contributed by atoms with Crippen LogP contribution in [0.3, 0.4) is 0 Å². The first-order valence-electron chi connectivity index (χ1n) is 18.0. The number of nitrogens with two attached hydrogens (primary N) is 1. The van der Waals surface area contributed by atoms with Crippen LogP contribution in [-0.2, 0) is 0 Å². The quantitative estimate of drug-likeness (QED) is 0.128. The summed E-state index contributed by atoms with van der Waals surface area (Å²) in [4.78, 5) is 0. The second-order valence-corrected chi connectivity index (χ2v) is 15.6. The zero-order chi connectivity index (χ0) is 37.5. The Bertz CT molecular complexity index is 2660. The van der Waals surface area contributed by atoms with E-state index < -0.39 is 22.4 Å². The third kappa shape index (κ3) is 6.74. The summed E-state index contributed by atoms with van der Waals surface area (Å²) in [5.74, 6) is 0.738. The maximum Gasteiger partial charge on any atom is 0.453 e. The van der Waals surface area contributed by atoms with Gasteiger partial charge in [-0.15, -0.1) is 0 Å². The van der Waals surface area contributed by atoms with Gasteiger partial charge in [0.15, 0.2) is 5.75 Å². The predicted molar refractivity (Wildman–Crippen MR) is 224 cm³/mol. The summed E-state index contributed by atoms with van der Waals surface area (Å²) in [7, 11) is -3.92. The number of rotatable bonds is 7. The average molecular weight is 762 g/mol. The zero-order valence-corrected chi connectivity index (χ0v) is 32.2. The van der Waals surface area contributed by atoms with Gasteiger partial charge in [-0.05, 0) is 67.8 Å². The third-order valence-corrected chi connectivity index (χ3v) is 11.7. The molecule has 0 amide bonds. The molecule has 272 valence electrons. The SMILES string of the molecule is Cc1cc(C)c(Op2oc3ccccc3c3ccccc3o2)c(C(c2ccccc2)c2cc(C)cc(N)c2Op2oc3ccccc3c3ccccc3o2)c1. The van der Waals surface area contributed by atoms with Crippen LogP contribution in [0.25, 0.3) is 43.9 Å². The molecule has 55 heavy (non-hydrogen) atoms. The van der Waals surface area contributed by atoms with E-state index in [0.717, 1.165) is 54.9 Å². The van der Waals surface area contributed by atoms with E-state index >= 15 is 0 Å². The molecule has 7 aromatic carbocycles. The highest BCUT2D eigenvalue weighted by molar-refractivity contribution is 7.32. The molecule has 2 aromatic heterocycles. The van der Waals surface area contributed by atoms with Gasteiger partial charge < -0.3 is 31.6 Å². The van der Waals surface area contributed by atoms with Gasteiger partial charge in [0.25, 0.3) is 0 Å². The maximum atomic E-state index is 6.94. The van der Waals surface area contributed by atoms with Gasteiger partial charge in [-0.2, -0.15) is 0 Å². The van der Waals surface area contributed by atoms with Crippen LogP contribution < -0.4 is 14.8 Å². The molecule has 0 aliphatic heterocycles. The largest absolute Gasteiger partial charge is 0.453 e. The van der Waals surface area contributed by atoms with E-state index in [2.05, 4.69) is 44.2 Å². The van der Waals surface area contributed by atoms with Crippen LogP contribution in [0.15, 0.2) is 168 Å². The van der Waals surface area contributed by atoms with E-state index in [9.17, 15) is 0 Å². The molecule has 1 unspecified atom stereocenters. The van der Waals surface area contributed by atoms with Crippen LogP contribution in [0.2, 0.25) is 0 Å².